The summed E-state index contributed by atoms with van der Waals surface area (Å²) in [6.07, 6.45) is 1.57. The first-order valence-electron chi connectivity index (χ1n) is 7.53. The summed E-state index contributed by atoms with van der Waals surface area (Å²) in [5.41, 5.74) is 3.81. The molecule has 2 heterocycles. The molecule has 0 fully saturated rings. The topological polar surface area (TPSA) is 51.2 Å². The summed E-state index contributed by atoms with van der Waals surface area (Å²) in [5, 5.41) is 15.0. The lowest BCUT2D eigenvalue weighted by Crippen LogP contribution is -2.01. The molecule has 0 aliphatic rings. The lowest BCUT2D eigenvalue weighted by atomic mass is 10.1. The van der Waals surface area contributed by atoms with Crippen LogP contribution in [0, 0.1) is 0 Å². The van der Waals surface area contributed by atoms with Crippen LogP contribution in [0.15, 0.2) is 71.3 Å². The average molecular weight is 304 g/mol. The molecule has 0 saturated carbocycles. The summed E-state index contributed by atoms with van der Waals surface area (Å²) in [4.78, 5) is 0. The first-order chi connectivity index (χ1) is 11.3. The molecule has 0 spiro atoms. The number of furan rings is 1. The number of aliphatic hydroxyl groups excluding tert-OH is 1. The van der Waals surface area contributed by atoms with Crippen molar-refractivity contribution in [1.82, 2.24) is 9.78 Å². The van der Waals surface area contributed by atoms with Crippen LogP contribution in [0.1, 0.15) is 11.1 Å². The minimum absolute atomic E-state index is 0.0356. The Balaban J connectivity index is 1.83. The number of fused-ring (bicyclic) bond motifs is 1. The molecule has 0 aliphatic carbocycles. The highest BCUT2D eigenvalue weighted by Gasteiger charge is 2.15. The zero-order valence-corrected chi connectivity index (χ0v) is 12.5. The van der Waals surface area contributed by atoms with Gasteiger partial charge in [-0.1, -0.05) is 48.5 Å². The van der Waals surface area contributed by atoms with E-state index in [1.807, 2.05) is 47.1 Å². The highest BCUT2D eigenvalue weighted by atomic mass is 16.3. The third-order valence-electron chi connectivity index (χ3n) is 3.90. The first-order valence-corrected chi connectivity index (χ1v) is 7.53. The zero-order valence-electron chi connectivity index (χ0n) is 12.5. The van der Waals surface area contributed by atoms with Gasteiger partial charge in [0.1, 0.15) is 5.69 Å². The smallest absolute Gasteiger partial charge is 0.155 e. The minimum atomic E-state index is -0.0356. The van der Waals surface area contributed by atoms with E-state index in [4.69, 9.17) is 9.52 Å². The number of hydrogen-bond acceptors (Lipinski definition) is 3. The molecule has 0 radical (unpaired) electrons. The Morgan fingerprint density at radius 3 is 2.52 bits per heavy atom. The Morgan fingerprint density at radius 2 is 1.74 bits per heavy atom. The van der Waals surface area contributed by atoms with Crippen LogP contribution in [0.5, 0.6) is 0 Å². The van der Waals surface area contributed by atoms with Gasteiger partial charge in [0.15, 0.2) is 5.76 Å². The third-order valence-corrected chi connectivity index (χ3v) is 3.90. The number of benzene rings is 2. The zero-order chi connectivity index (χ0) is 15.6. The van der Waals surface area contributed by atoms with Gasteiger partial charge in [-0.25, -0.2) is 0 Å². The van der Waals surface area contributed by atoms with Crippen LogP contribution in [0.4, 0.5) is 0 Å². The van der Waals surface area contributed by atoms with Gasteiger partial charge in [0.05, 0.1) is 24.9 Å². The van der Waals surface area contributed by atoms with Gasteiger partial charge in [-0.2, -0.15) is 5.10 Å². The van der Waals surface area contributed by atoms with Gasteiger partial charge in [-0.15, -0.1) is 0 Å². The van der Waals surface area contributed by atoms with Crippen molar-refractivity contribution in [3.05, 3.63) is 78.1 Å². The molecule has 2 aromatic carbocycles. The standard InChI is InChI=1S/C19H16N2O2/c22-12-15-10-18(23-13-15)19-16-8-4-5-9-17(16)21(20-19)11-14-6-2-1-3-7-14/h1-10,13,22H,11-12H2. The summed E-state index contributed by atoms with van der Waals surface area (Å²) in [5.74, 6) is 0.678. The Labute approximate surface area is 133 Å². The molecule has 1 N–H and O–H groups in total. The van der Waals surface area contributed by atoms with E-state index in [2.05, 4.69) is 18.2 Å². The van der Waals surface area contributed by atoms with Crippen LogP contribution in [0.25, 0.3) is 22.4 Å². The third kappa shape index (κ3) is 2.53. The van der Waals surface area contributed by atoms with Crippen LogP contribution >= 0.6 is 0 Å². The summed E-state index contributed by atoms with van der Waals surface area (Å²) >= 11 is 0. The summed E-state index contributed by atoms with van der Waals surface area (Å²) < 4.78 is 7.56. The monoisotopic (exact) mass is 304 g/mol. The molecule has 0 atom stereocenters. The largest absolute Gasteiger partial charge is 0.462 e. The quantitative estimate of drug-likeness (QED) is 0.623. The molecule has 23 heavy (non-hydrogen) atoms. The maximum absolute atomic E-state index is 9.23. The number of rotatable bonds is 4. The molecule has 4 rings (SSSR count). The number of nitrogens with zero attached hydrogens (tertiary/aromatic N) is 2. The molecule has 0 saturated heterocycles. The van der Waals surface area contributed by atoms with Gasteiger partial charge in [-0.05, 0) is 17.7 Å². The van der Waals surface area contributed by atoms with Gasteiger partial charge in [-0.3, -0.25) is 4.68 Å². The molecule has 4 nitrogen and oxygen atoms in total. The van der Waals surface area contributed by atoms with Gasteiger partial charge in [0, 0.05) is 10.9 Å². The second-order valence-corrected chi connectivity index (χ2v) is 5.49. The molecule has 4 aromatic rings. The van der Waals surface area contributed by atoms with Gasteiger partial charge in [0.25, 0.3) is 0 Å². The predicted molar refractivity (Wildman–Crippen MR) is 88.9 cm³/mol. The van der Waals surface area contributed by atoms with Crippen molar-refractivity contribution in [3.8, 4) is 11.5 Å². The normalized spacial score (nSPS) is 11.2. The fourth-order valence-corrected chi connectivity index (χ4v) is 2.77. The van der Waals surface area contributed by atoms with Crippen molar-refractivity contribution in [1.29, 1.82) is 0 Å². The van der Waals surface area contributed by atoms with Gasteiger partial charge >= 0.3 is 0 Å². The molecule has 2 aromatic heterocycles. The van der Waals surface area contributed by atoms with Crippen molar-refractivity contribution in [2.45, 2.75) is 13.2 Å². The number of aliphatic hydroxyl groups is 1. The highest BCUT2D eigenvalue weighted by molar-refractivity contribution is 5.92. The van der Waals surface area contributed by atoms with E-state index in [1.54, 1.807) is 6.26 Å². The van der Waals surface area contributed by atoms with Gasteiger partial charge in [0.2, 0.25) is 0 Å². The van der Waals surface area contributed by atoms with E-state index in [-0.39, 0.29) is 6.61 Å². The maximum atomic E-state index is 9.23. The SMILES string of the molecule is OCc1coc(-c2nn(Cc3ccccc3)c3ccccc23)c1. The van der Waals surface area contributed by atoms with E-state index in [0.29, 0.717) is 12.3 Å². The van der Waals surface area contributed by atoms with Crippen LogP contribution in [-0.2, 0) is 13.2 Å². The summed E-state index contributed by atoms with van der Waals surface area (Å²) in [6, 6.07) is 20.2. The van der Waals surface area contributed by atoms with Crippen molar-refractivity contribution >= 4 is 10.9 Å². The number of hydrogen-bond donors (Lipinski definition) is 1. The molecule has 0 bridgehead atoms. The van der Waals surface area contributed by atoms with Crippen LogP contribution in [-0.4, -0.2) is 14.9 Å². The van der Waals surface area contributed by atoms with E-state index in [1.165, 1.54) is 5.56 Å². The van der Waals surface area contributed by atoms with Crippen molar-refractivity contribution in [2.24, 2.45) is 0 Å². The fraction of sp³-hybridized carbons (Fsp3) is 0.105. The van der Waals surface area contributed by atoms with E-state index in [0.717, 1.165) is 22.2 Å². The fourth-order valence-electron chi connectivity index (χ4n) is 2.77. The summed E-state index contributed by atoms with van der Waals surface area (Å²) in [7, 11) is 0. The molecule has 0 aliphatic heterocycles. The second kappa shape index (κ2) is 5.74. The number of para-hydroxylation sites is 1. The Morgan fingerprint density at radius 1 is 0.957 bits per heavy atom. The molecular weight excluding hydrogens is 288 g/mol. The Kier molecular flexibility index (Phi) is 3.44. The van der Waals surface area contributed by atoms with E-state index < -0.39 is 0 Å². The van der Waals surface area contributed by atoms with E-state index >= 15 is 0 Å². The Hall–Kier alpha value is -2.85. The first kappa shape index (κ1) is 13.8. The molecule has 4 heteroatoms. The van der Waals surface area contributed by atoms with Crippen molar-refractivity contribution in [3.63, 3.8) is 0 Å². The van der Waals surface area contributed by atoms with Crippen LogP contribution in [0.2, 0.25) is 0 Å². The predicted octanol–water partition coefficient (Wildman–Crippen LogP) is 3.84. The Bertz CT molecular complexity index is 938. The minimum Gasteiger partial charge on any atom is -0.462 e. The van der Waals surface area contributed by atoms with Crippen molar-refractivity contribution < 1.29 is 9.52 Å². The highest BCUT2D eigenvalue weighted by Crippen LogP contribution is 2.29. The lowest BCUT2D eigenvalue weighted by Gasteiger charge is -2.03. The molecule has 114 valence electrons. The second-order valence-electron chi connectivity index (χ2n) is 5.49. The lowest BCUT2D eigenvalue weighted by molar-refractivity contribution is 0.280. The van der Waals surface area contributed by atoms with Crippen LogP contribution in [0.3, 0.4) is 0 Å². The molecule has 0 amide bonds. The molecular formula is C19H16N2O2. The van der Waals surface area contributed by atoms with Crippen molar-refractivity contribution in [2.75, 3.05) is 0 Å². The average Bonchev–Trinajstić information content (AvgIpc) is 3.21. The van der Waals surface area contributed by atoms with E-state index in [9.17, 15) is 5.11 Å². The molecule has 0 unspecified atom stereocenters. The van der Waals surface area contributed by atoms with Gasteiger partial charge < -0.3 is 9.52 Å². The number of aromatic nitrogens is 2. The van der Waals surface area contributed by atoms with Crippen LogP contribution < -0.4 is 0 Å². The maximum Gasteiger partial charge on any atom is 0.155 e. The summed E-state index contributed by atoms with van der Waals surface area (Å²) in [6.45, 7) is 0.668.